The SMILES string of the molecule is O=C(I)c1ccc2c(c1)=C(c1cccc(F)c1F)NCC=2Cl. The summed E-state index contributed by atoms with van der Waals surface area (Å²) >= 11 is 7.87. The Hall–Kier alpha value is -1.47. The van der Waals surface area contributed by atoms with E-state index in [0.717, 1.165) is 6.07 Å². The lowest BCUT2D eigenvalue weighted by molar-refractivity contribution is 0.110. The number of hydrogen-bond acceptors (Lipinski definition) is 2. The van der Waals surface area contributed by atoms with Crippen LogP contribution in [0.1, 0.15) is 15.9 Å². The number of benzene rings is 2. The van der Waals surface area contributed by atoms with Gasteiger partial charge in [0.1, 0.15) is 0 Å². The van der Waals surface area contributed by atoms with Gasteiger partial charge in [0.25, 0.3) is 0 Å². The fourth-order valence-corrected chi connectivity index (χ4v) is 2.97. The van der Waals surface area contributed by atoms with E-state index in [2.05, 4.69) is 5.32 Å². The van der Waals surface area contributed by atoms with Gasteiger partial charge in [-0.25, -0.2) is 8.78 Å². The number of hydrogen-bond donors (Lipinski definition) is 1. The van der Waals surface area contributed by atoms with E-state index >= 15 is 0 Å². The third-order valence-corrected chi connectivity index (χ3v) is 4.41. The van der Waals surface area contributed by atoms with Gasteiger partial charge < -0.3 is 5.32 Å². The summed E-state index contributed by atoms with van der Waals surface area (Å²) in [5.74, 6) is -1.85. The van der Waals surface area contributed by atoms with Gasteiger partial charge in [-0.15, -0.1) is 0 Å². The highest BCUT2D eigenvalue weighted by atomic mass is 127. The minimum Gasteiger partial charge on any atom is -0.379 e. The molecule has 6 heteroatoms. The fraction of sp³-hybridized carbons (Fsp3) is 0.0625. The molecule has 3 rings (SSSR count). The van der Waals surface area contributed by atoms with E-state index in [0.29, 0.717) is 33.3 Å². The van der Waals surface area contributed by atoms with Crippen LogP contribution in [0.5, 0.6) is 0 Å². The van der Waals surface area contributed by atoms with Gasteiger partial charge in [0.05, 0.1) is 12.2 Å². The van der Waals surface area contributed by atoms with Crippen molar-refractivity contribution in [2.75, 3.05) is 6.54 Å². The van der Waals surface area contributed by atoms with Crippen LogP contribution in [0.2, 0.25) is 0 Å². The smallest absolute Gasteiger partial charge is 0.222 e. The van der Waals surface area contributed by atoms with Gasteiger partial charge in [-0.3, -0.25) is 4.79 Å². The Bertz CT molecular complexity index is 911. The van der Waals surface area contributed by atoms with E-state index < -0.39 is 11.6 Å². The van der Waals surface area contributed by atoms with Crippen molar-refractivity contribution in [2.24, 2.45) is 0 Å². The fourth-order valence-electron chi connectivity index (χ4n) is 2.40. The highest BCUT2D eigenvalue weighted by Crippen LogP contribution is 2.18. The van der Waals surface area contributed by atoms with Gasteiger partial charge in [0.2, 0.25) is 3.79 Å². The van der Waals surface area contributed by atoms with Crippen LogP contribution in [0.4, 0.5) is 8.78 Å². The molecular weight excluding hydrogens is 423 g/mol. The van der Waals surface area contributed by atoms with E-state index in [9.17, 15) is 13.6 Å². The predicted molar refractivity (Wildman–Crippen MR) is 90.2 cm³/mol. The average molecular weight is 432 g/mol. The summed E-state index contributed by atoms with van der Waals surface area (Å²) in [6.45, 7) is 0.317. The highest BCUT2D eigenvalue weighted by molar-refractivity contribution is 14.1. The van der Waals surface area contributed by atoms with E-state index in [-0.39, 0.29) is 9.35 Å². The first-order chi connectivity index (χ1) is 10.5. The molecule has 1 aliphatic heterocycles. The van der Waals surface area contributed by atoms with Crippen molar-refractivity contribution in [1.82, 2.24) is 5.32 Å². The summed E-state index contributed by atoms with van der Waals surface area (Å²) in [5.41, 5.74) is 1.02. The molecule has 0 spiro atoms. The van der Waals surface area contributed by atoms with Crippen LogP contribution in [0.15, 0.2) is 36.4 Å². The predicted octanol–water partition coefficient (Wildman–Crippen LogP) is 2.65. The number of carbonyl (C=O) groups excluding carboxylic acids is 1. The maximum Gasteiger partial charge on any atom is 0.222 e. The Labute approximate surface area is 143 Å². The van der Waals surface area contributed by atoms with Crippen molar-refractivity contribution in [3.8, 4) is 0 Å². The molecule has 2 aromatic carbocycles. The Morgan fingerprint density at radius 3 is 2.68 bits per heavy atom. The summed E-state index contributed by atoms with van der Waals surface area (Å²) in [6.07, 6.45) is 0. The van der Waals surface area contributed by atoms with Gasteiger partial charge in [0, 0.05) is 49.2 Å². The molecule has 0 unspecified atom stereocenters. The van der Waals surface area contributed by atoms with Crippen LogP contribution < -0.4 is 15.8 Å². The first-order valence-corrected chi connectivity index (χ1v) is 7.86. The van der Waals surface area contributed by atoms with Crippen LogP contribution in [0, 0.1) is 11.6 Å². The van der Waals surface area contributed by atoms with E-state index in [4.69, 9.17) is 11.6 Å². The molecule has 0 amide bonds. The maximum atomic E-state index is 14.1. The molecule has 2 aromatic rings. The molecule has 0 radical (unpaired) electrons. The molecule has 0 aliphatic carbocycles. The summed E-state index contributed by atoms with van der Waals surface area (Å²) in [5, 5.41) is 4.86. The quantitative estimate of drug-likeness (QED) is 0.585. The summed E-state index contributed by atoms with van der Waals surface area (Å²) in [7, 11) is 0. The minimum atomic E-state index is -0.930. The van der Waals surface area contributed by atoms with E-state index in [1.807, 2.05) is 0 Å². The zero-order chi connectivity index (χ0) is 15.9. The topological polar surface area (TPSA) is 29.1 Å². The van der Waals surface area contributed by atoms with Crippen molar-refractivity contribution in [3.05, 3.63) is 69.6 Å². The van der Waals surface area contributed by atoms with Gasteiger partial charge in [-0.1, -0.05) is 23.7 Å². The van der Waals surface area contributed by atoms with Crippen LogP contribution in [0.3, 0.4) is 0 Å². The van der Waals surface area contributed by atoms with Crippen molar-refractivity contribution in [2.45, 2.75) is 0 Å². The molecule has 0 fully saturated rings. The summed E-state index contributed by atoms with van der Waals surface area (Å²) in [4.78, 5) is 11.6. The van der Waals surface area contributed by atoms with Crippen LogP contribution in [-0.4, -0.2) is 10.3 Å². The zero-order valence-corrected chi connectivity index (χ0v) is 14.0. The number of nitrogens with one attached hydrogen (secondary N) is 1. The second-order valence-electron chi connectivity index (χ2n) is 4.77. The largest absolute Gasteiger partial charge is 0.379 e. The highest BCUT2D eigenvalue weighted by Gasteiger charge is 2.17. The van der Waals surface area contributed by atoms with E-state index in [1.165, 1.54) is 12.1 Å². The summed E-state index contributed by atoms with van der Waals surface area (Å²) < 4.78 is 27.4. The molecule has 0 atom stereocenters. The molecule has 1 N–H and O–H groups in total. The lowest BCUT2D eigenvalue weighted by atomic mass is 10.0. The van der Waals surface area contributed by atoms with Crippen LogP contribution in [-0.2, 0) is 0 Å². The van der Waals surface area contributed by atoms with Crippen molar-refractivity contribution >= 4 is 48.7 Å². The zero-order valence-electron chi connectivity index (χ0n) is 11.1. The Morgan fingerprint density at radius 2 is 1.95 bits per heavy atom. The van der Waals surface area contributed by atoms with Crippen molar-refractivity contribution in [1.29, 1.82) is 0 Å². The molecule has 1 heterocycles. The maximum absolute atomic E-state index is 14.1. The molecule has 0 bridgehead atoms. The number of rotatable bonds is 2. The Kier molecular flexibility index (Phi) is 4.18. The van der Waals surface area contributed by atoms with Gasteiger partial charge in [0.15, 0.2) is 11.6 Å². The van der Waals surface area contributed by atoms with Crippen molar-refractivity contribution < 1.29 is 13.6 Å². The third kappa shape index (κ3) is 2.63. The average Bonchev–Trinajstić information content (AvgIpc) is 2.50. The molecule has 0 saturated heterocycles. The first kappa shape index (κ1) is 15.4. The standard InChI is InChI=1S/C16H9ClF2INO/c17-12-7-21-15(10-2-1-3-13(18)14(10)19)11-6-8(16(20)22)4-5-9(11)12/h1-6,21H,7H2. The van der Waals surface area contributed by atoms with Crippen molar-refractivity contribution in [3.63, 3.8) is 0 Å². The number of fused-ring (bicyclic) bond motifs is 1. The number of carbonyl (C=O) groups is 1. The lowest BCUT2D eigenvalue weighted by Gasteiger charge is -2.17. The molecule has 0 saturated carbocycles. The van der Waals surface area contributed by atoms with Gasteiger partial charge >= 0.3 is 0 Å². The minimum absolute atomic E-state index is 0.114. The van der Waals surface area contributed by atoms with Gasteiger partial charge in [-0.2, -0.15) is 0 Å². The lowest BCUT2D eigenvalue weighted by Crippen LogP contribution is -2.40. The number of halogens is 4. The Morgan fingerprint density at radius 1 is 1.18 bits per heavy atom. The van der Waals surface area contributed by atoms with Crippen LogP contribution in [0.25, 0.3) is 10.7 Å². The molecule has 112 valence electrons. The summed E-state index contributed by atoms with van der Waals surface area (Å²) in [6, 6.07) is 9.02. The van der Waals surface area contributed by atoms with Gasteiger partial charge in [-0.05, 0) is 24.3 Å². The first-order valence-electron chi connectivity index (χ1n) is 6.40. The normalized spacial score (nSPS) is 13.6. The Balaban J connectivity index is 2.42. The second-order valence-corrected chi connectivity index (χ2v) is 6.20. The van der Waals surface area contributed by atoms with Crippen LogP contribution >= 0.6 is 34.2 Å². The second kappa shape index (κ2) is 5.96. The third-order valence-electron chi connectivity index (χ3n) is 3.45. The molecule has 0 aromatic heterocycles. The van der Waals surface area contributed by atoms with E-state index in [1.54, 1.807) is 40.8 Å². The molecular formula is C16H9ClF2INO. The molecule has 1 aliphatic rings. The monoisotopic (exact) mass is 431 g/mol. The molecule has 22 heavy (non-hydrogen) atoms. The molecule has 2 nitrogen and oxygen atoms in total.